The monoisotopic (exact) mass is 311 g/mol. The summed E-state index contributed by atoms with van der Waals surface area (Å²) >= 11 is 1.02. The third-order valence-electron chi connectivity index (χ3n) is 3.51. The number of thioether (sulfide) groups is 1. The van der Waals surface area contributed by atoms with Gasteiger partial charge in [0.15, 0.2) is 0 Å². The Bertz CT molecular complexity index is 530. The highest BCUT2D eigenvalue weighted by Crippen LogP contribution is 2.23. The second-order valence-electron chi connectivity index (χ2n) is 5.14. The molecule has 0 atom stereocenters. The summed E-state index contributed by atoms with van der Waals surface area (Å²) in [5.74, 6) is -1.65. The average Bonchev–Trinajstić information content (AvgIpc) is 2.47. The minimum Gasteiger partial charge on any atom is -0.478 e. The normalized spacial score (nSPS) is 15.7. The van der Waals surface area contributed by atoms with Crippen molar-refractivity contribution in [2.75, 3.05) is 5.75 Å². The molecule has 114 valence electrons. The Kier molecular flexibility index (Phi) is 5.61. The lowest BCUT2D eigenvalue weighted by Gasteiger charge is -2.22. The van der Waals surface area contributed by atoms with Crippen LogP contribution in [0.3, 0.4) is 0 Å². The fraction of sp³-hybridized carbons (Fsp3) is 0.467. The van der Waals surface area contributed by atoms with E-state index in [1.807, 2.05) is 0 Å². The molecule has 1 aromatic rings. The summed E-state index contributed by atoms with van der Waals surface area (Å²) in [6.07, 6.45) is 5.48. The predicted molar refractivity (Wildman–Crippen MR) is 79.1 cm³/mol. The number of aromatic carboxylic acids is 1. The number of benzene rings is 1. The Balaban J connectivity index is 1.88. The van der Waals surface area contributed by atoms with Crippen LogP contribution in [0.5, 0.6) is 0 Å². The Hall–Kier alpha value is -1.56. The number of nitrogens with one attached hydrogen (secondary N) is 1. The molecule has 0 unspecified atom stereocenters. The number of carbonyl (C=O) groups is 2. The highest BCUT2D eigenvalue weighted by atomic mass is 32.2. The van der Waals surface area contributed by atoms with Crippen LogP contribution in [0.25, 0.3) is 0 Å². The van der Waals surface area contributed by atoms with Gasteiger partial charge in [0.1, 0.15) is 5.82 Å². The molecule has 1 amide bonds. The van der Waals surface area contributed by atoms with Gasteiger partial charge in [0.25, 0.3) is 0 Å². The maximum atomic E-state index is 13.6. The fourth-order valence-corrected chi connectivity index (χ4v) is 3.19. The van der Waals surface area contributed by atoms with Crippen molar-refractivity contribution >= 4 is 23.6 Å². The smallest absolute Gasteiger partial charge is 0.335 e. The minimum absolute atomic E-state index is 0.0200. The molecule has 1 saturated carbocycles. The van der Waals surface area contributed by atoms with Crippen LogP contribution in [-0.4, -0.2) is 28.8 Å². The van der Waals surface area contributed by atoms with E-state index in [4.69, 9.17) is 5.11 Å². The molecule has 0 heterocycles. The van der Waals surface area contributed by atoms with Crippen LogP contribution >= 0.6 is 11.8 Å². The third-order valence-corrected chi connectivity index (χ3v) is 4.54. The molecule has 0 spiro atoms. The van der Waals surface area contributed by atoms with Gasteiger partial charge >= 0.3 is 5.97 Å². The molecular weight excluding hydrogens is 293 g/mol. The maximum absolute atomic E-state index is 13.6. The Morgan fingerprint density at radius 3 is 2.67 bits per heavy atom. The van der Waals surface area contributed by atoms with Crippen molar-refractivity contribution in [3.05, 3.63) is 29.6 Å². The molecule has 1 fully saturated rings. The summed E-state index contributed by atoms with van der Waals surface area (Å²) in [5, 5.41) is 11.8. The fourth-order valence-electron chi connectivity index (χ4n) is 2.41. The molecule has 0 bridgehead atoms. The van der Waals surface area contributed by atoms with E-state index in [2.05, 4.69) is 5.32 Å². The molecule has 0 aliphatic heterocycles. The molecular formula is C15H18FNO3S. The Labute approximate surface area is 127 Å². The van der Waals surface area contributed by atoms with Gasteiger partial charge in [-0.25, -0.2) is 9.18 Å². The molecule has 1 aliphatic carbocycles. The second kappa shape index (κ2) is 7.45. The van der Waals surface area contributed by atoms with Crippen LogP contribution in [0.1, 0.15) is 42.5 Å². The standard InChI is InChI=1S/C15H18FNO3S/c16-12-7-6-10(15(19)20)8-13(12)21-9-14(18)17-11-4-2-1-3-5-11/h6-8,11H,1-5,9H2,(H,17,18)(H,19,20). The summed E-state index contributed by atoms with van der Waals surface area (Å²) in [7, 11) is 0. The van der Waals surface area contributed by atoms with Crippen molar-refractivity contribution in [2.24, 2.45) is 0 Å². The molecule has 4 nitrogen and oxygen atoms in total. The van der Waals surface area contributed by atoms with Gasteiger partial charge in [-0.05, 0) is 31.0 Å². The molecule has 0 radical (unpaired) electrons. The zero-order chi connectivity index (χ0) is 15.2. The Morgan fingerprint density at radius 2 is 2.00 bits per heavy atom. The largest absolute Gasteiger partial charge is 0.478 e. The number of halogens is 1. The lowest BCUT2D eigenvalue weighted by atomic mass is 9.95. The summed E-state index contributed by atoms with van der Waals surface area (Å²) in [6.45, 7) is 0. The van der Waals surface area contributed by atoms with Gasteiger partial charge in [0, 0.05) is 10.9 Å². The second-order valence-corrected chi connectivity index (χ2v) is 6.16. The zero-order valence-corrected chi connectivity index (χ0v) is 12.4. The topological polar surface area (TPSA) is 66.4 Å². The van der Waals surface area contributed by atoms with Gasteiger partial charge in [-0.15, -0.1) is 11.8 Å². The number of hydrogen-bond acceptors (Lipinski definition) is 3. The van der Waals surface area contributed by atoms with Crippen molar-refractivity contribution in [3.8, 4) is 0 Å². The van der Waals surface area contributed by atoms with Crippen LogP contribution in [0.2, 0.25) is 0 Å². The molecule has 21 heavy (non-hydrogen) atoms. The van der Waals surface area contributed by atoms with Crippen molar-refractivity contribution in [1.82, 2.24) is 5.32 Å². The highest BCUT2D eigenvalue weighted by molar-refractivity contribution is 8.00. The first-order chi connectivity index (χ1) is 10.1. The maximum Gasteiger partial charge on any atom is 0.335 e. The molecule has 6 heteroatoms. The van der Waals surface area contributed by atoms with E-state index in [1.54, 1.807) is 0 Å². The van der Waals surface area contributed by atoms with E-state index < -0.39 is 11.8 Å². The van der Waals surface area contributed by atoms with E-state index in [0.29, 0.717) is 0 Å². The van der Waals surface area contributed by atoms with Gasteiger partial charge < -0.3 is 10.4 Å². The van der Waals surface area contributed by atoms with Crippen molar-refractivity contribution < 1.29 is 19.1 Å². The first kappa shape index (κ1) is 15.8. The van der Waals surface area contributed by atoms with Crippen molar-refractivity contribution in [3.63, 3.8) is 0 Å². The molecule has 1 aromatic carbocycles. The number of carboxylic acids is 1. The van der Waals surface area contributed by atoms with Crippen LogP contribution in [0.4, 0.5) is 4.39 Å². The number of carbonyl (C=O) groups excluding carboxylic acids is 1. The molecule has 0 aromatic heterocycles. The quantitative estimate of drug-likeness (QED) is 0.820. The zero-order valence-electron chi connectivity index (χ0n) is 11.6. The van der Waals surface area contributed by atoms with E-state index in [0.717, 1.165) is 43.5 Å². The van der Waals surface area contributed by atoms with Gasteiger partial charge in [-0.3, -0.25) is 4.79 Å². The van der Waals surface area contributed by atoms with Crippen LogP contribution < -0.4 is 5.32 Å². The SMILES string of the molecule is O=C(CSc1cc(C(=O)O)ccc1F)NC1CCCCC1. The first-order valence-corrected chi connectivity index (χ1v) is 8.00. The van der Waals surface area contributed by atoms with E-state index in [-0.39, 0.29) is 28.2 Å². The third kappa shape index (κ3) is 4.74. The van der Waals surface area contributed by atoms with E-state index in [1.165, 1.54) is 18.6 Å². The van der Waals surface area contributed by atoms with Crippen molar-refractivity contribution in [2.45, 2.75) is 43.0 Å². The molecule has 0 saturated heterocycles. The summed E-state index contributed by atoms with van der Waals surface area (Å²) in [5.41, 5.74) is 0.0200. The summed E-state index contributed by atoms with van der Waals surface area (Å²) < 4.78 is 13.6. The molecule has 2 rings (SSSR count). The average molecular weight is 311 g/mol. The first-order valence-electron chi connectivity index (χ1n) is 7.01. The molecule has 2 N–H and O–H groups in total. The summed E-state index contributed by atoms with van der Waals surface area (Å²) in [4.78, 5) is 22.9. The number of carboxylic acid groups (broad SMARTS) is 1. The Morgan fingerprint density at radius 1 is 1.29 bits per heavy atom. The van der Waals surface area contributed by atoms with Crippen LogP contribution in [0.15, 0.2) is 23.1 Å². The van der Waals surface area contributed by atoms with Gasteiger partial charge in [-0.2, -0.15) is 0 Å². The predicted octanol–water partition coefficient (Wildman–Crippen LogP) is 3.06. The number of amides is 1. The number of rotatable bonds is 5. The summed E-state index contributed by atoms with van der Waals surface area (Å²) in [6, 6.07) is 3.81. The lowest BCUT2D eigenvalue weighted by Crippen LogP contribution is -2.37. The van der Waals surface area contributed by atoms with E-state index >= 15 is 0 Å². The minimum atomic E-state index is -1.11. The van der Waals surface area contributed by atoms with Gasteiger partial charge in [0.2, 0.25) is 5.91 Å². The lowest BCUT2D eigenvalue weighted by molar-refractivity contribution is -0.119. The van der Waals surface area contributed by atoms with E-state index in [9.17, 15) is 14.0 Å². The van der Waals surface area contributed by atoms with Crippen LogP contribution in [-0.2, 0) is 4.79 Å². The number of hydrogen-bond donors (Lipinski definition) is 2. The van der Waals surface area contributed by atoms with Crippen LogP contribution in [0, 0.1) is 5.82 Å². The molecule has 1 aliphatic rings. The van der Waals surface area contributed by atoms with Gasteiger partial charge in [-0.1, -0.05) is 19.3 Å². The van der Waals surface area contributed by atoms with Gasteiger partial charge in [0.05, 0.1) is 11.3 Å². The van der Waals surface area contributed by atoms with Crippen molar-refractivity contribution in [1.29, 1.82) is 0 Å². The highest BCUT2D eigenvalue weighted by Gasteiger charge is 2.16.